The van der Waals surface area contributed by atoms with Crippen LogP contribution in [0, 0.1) is 0 Å². The summed E-state index contributed by atoms with van der Waals surface area (Å²) in [5.41, 5.74) is 0. The predicted octanol–water partition coefficient (Wildman–Crippen LogP) is 1.17. The maximum atomic E-state index is 10.8. The topological polar surface area (TPSA) is 26.3 Å². The van der Waals surface area contributed by atoms with Crippen LogP contribution in [0.4, 0.5) is 0 Å². The molecule has 0 spiro atoms. The number of methoxy groups -OCH3 is 1. The zero-order valence-electron chi connectivity index (χ0n) is 6.05. The van der Waals surface area contributed by atoms with Gasteiger partial charge in [0.05, 0.1) is 0 Å². The van der Waals surface area contributed by atoms with Crippen LogP contribution in [0.1, 0.15) is 13.8 Å². The molecule has 0 heterocycles. The van der Waals surface area contributed by atoms with Crippen molar-refractivity contribution < 1.29 is 9.53 Å². The van der Waals surface area contributed by atoms with Crippen molar-refractivity contribution in [3.63, 3.8) is 0 Å². The predicted molar refractivity (Wildman–Crippen MR) is 36.3 cm³/mol. The lowest BCUT2D eigenvalue weighted by molar-refractivity contribution is -0.122. The molecule has 1 atom stereocenters. The van der Waals surface area contributed by atoms with Gasteiger partial charge in [-0.3, -0.25) is 4.79 Å². The Balaban J connectivity index is 3.73. The van der Waals surface area contributed by atoms with E-state index in [2.05, 4.69) is 0 Å². The van der Waals surface area contributed by atoms with Crippen LogP contribution in [0.3, 0.4) is 0 Å². The van der Waals surface area contributed by atoms with Gasteiger partial charge in [0.15, 0.2) is 5.78 Å². The van der Waals surface area contributed by atoms with Gasteiger partial charge in [0, 0.05) is 7.11 Å². The molecule has 0 aromatic rings. The fourth-order valence-corrected chi connectivity index (χ4v) is 0.416. The van der Waals surface area contributed by atoms with E-state index in [1.54, 1.807) is 19.9 Å². The summed E-state index contributed by atoms with van der Waals surface area (Å²) in [7, 11) is 1.52. The van der Waals surface area contributed by atoms with E-state index in [1.165, 1.54) is 13.2 Å². The summed E-state index contributed by atoms with van der Waals surface area (Å²) in [6.45, 7) is 3.53. The van der Waals surface area contributed by atoms with Gasteiger partial charge in [-0.15, -0.1) is 0 Å². The van der Waals surface area contributed by atoms with Crippen LogP contribution in [0.15, 0.2) is 12.2 Å². The number of hydrogen-bond acceptors (Lipinski definition) is 2. The monoisotopic (exact) mass is 128 g/mol. The normalized spacial score (nSPS) is 14.1. The average Bonchev–Trinajstić information content (AvgIpc) is 1.87. The van der Waals surface area contributed by atoms with Gasteiger partial charge in [0.25, 0.3) is 0 Å². The molecular weight excluding hydrogens is 116 g/mol. The number of carbonyl (C=O) groups excluding carboxylic acids is 1. The summed E-state index contributed by atoms with van der Waals surface area (Å²) in [4.78, 5) is 10.8. The number of hydrogen-bond donors (Lipinski definition) is 0. The van der Waals surface area contributed by atoms with Crippen molar-refractivity contribution in [3.05, 3.63) is 12.2 Å². The van der Waals surface area contributed by atoms with Gasteiger partial charge in [-0.1, -0.05) is 6.08 Å². The van der Waals surface area contributed by atoms with Crippen LogP contribution >= 0.6 is 0 Å². The summed E-state index contributed by atoms with van der Waals surface area (Å²) in [5.74, 6) is 0.0139. The fraction of sp³-hybridized carbons (Fsp3) is 0.571. The Hall–Kier alpha value is -0.630. The van der Waals surface area contributed by atoms with Gasteiger partial charge < -0.3 is 4.74 Å². The first kappa shape index (κ1) is 8.37. The molecule has 0 aromatic heterocycles. The summed E-state index contributed by atoms with van der Waals surface area (Å²) < 4.78 is 4.76. The van der Waals surface area contributed by atoms with Crippen LogP contribution < -0.4 is 0 Å². The standard InChI is InChI=1S/C7H12O2/c1-4-5-7(8)6(2)9-3/h4-6H,1-3H3/b5-4+. The molecule has 0 bridgehead atoms. The molecule has 0 rings (SSSR count). The van der Waals surface area contributed by atoms with Crippen LogP contribution in [-0.2, 0) is 9.53 Å². The van der Waals surface area contributed by atoms with Crippen LogP contribution in [0.5, 0.6) is 0 Å². The second-order valence-electron chi connectivity index (χ2n) is 1.78. The van der Waals surface area contributed by atoms with Crippen molar-refractivity contribution in [2.45, 2.75) is 20.0 Å². The lowest BCUT2D eigenvalue weighted by atomic mass is 10.2. The lowest BCUT2D eigenvalue weighted by Crippen LogP contribution is -2.15. The van der Waals surface area contributed by atoms with Gasteiger partial charge in [0.2, 0.25) is 0 Å². The van der Waals surface area contributed by atoms with Crippen molar-refractivity contribution >= 4 is 5.78 Å². The van der Waals surface area contributed by atoms with Crippen molar-refractivity contribution in [1.82, 2.24) is 0 Å². The number of ether oxygens (including phenoxy) is 1. The zero-order chi connectivity index (χ0) is 7.28. The molecule has 0 amide bonds. The fourth-order valence-electron chi connectivity index (χ4n) is 0.416. The number of allylic oxidation sites excluding steroid dienone is 1. The maximum absolute atomic E-state index is 10.8. The molecule has 0 aliphatic heterocycles. The molecule has 9 heavy (non-hydrogen) atoms. The number of rotatable bonds is 3. The first-order chi connectivity index (χ1) is 4.22. The van der Waals surface area contributed by atoms with E-state index in [9.17, 15) is 4.79 Å². The SMILES string of the molecule is C/C=C/C(=O)C(C)OC. The van der Waals surface area contributed by atoms with Gasteiger partial charge in [-0.05, 0) is 19.9 Å². The van der Waals surface area contributed by atoms with Gasteiger partial charge in [-0.25, -0.2) is 0 Å². The van der Waals surface area contributed by atoms with Crippen LogP contribution in [0.2, 0.25) is 0 Å². The molecule has 0 saturated heterocycles. The Labute approximate surface area is 55.5 Å². The van der Waals surface area contributed by atoms with E-state index >= 15 is 0 Å². The number of ketones is 1. The second-order valence-corrected chi connectivity index (χ2v) is 1.78. The van der Waals surface area contributed by atoms with Crippen molar-refractivity contribution in [2.75, 3.05) is 7.11 Å². The average molecular weight is 128 g/mol. The minimum absolute atomic E-state index is 0.0139. The van der Waals surface area contributed by atoms with E-state index < -0.39 is 0 Å². The third-order valence-corrected chi connectivity index (χ3v) is 1.09. The molecule has 1 unspecified atom stereocenters. The van der Waals surface area contributed by atoms with Crippen LogP contribution in [0.25, 0.3) is 0 Å². The first-order valence-corrected chi connectivity index (χ1v) is 2.91. The smallest absolute Gasteiger partial charge is 0.183 e. The molecular formula is C7H12O2. The highest BCUT2D eigenvalue weighted by atomic mass is 16.5. The first-order valence-electron chi connectivity index (χ1n) is 2.91. The molecule has 0 N–H and O–H groups in total. The molecule has 0 aliphatic rings. The summed E-state index contributed by atoms with van der Waals surface area (Å²) in [6.07, 6.45) is 2.91. The summed E-state index contributed by atoms with van der Waals surface area (Å²) >= 11 is 0. The molecule has 0 aromatic carbocycles. The van der Waals surface area contributed by atoms with E-state index in [0.717, 1.165) is 0 Å². The lowest BCUT2D eigenvalue weighted by Gasteiger charge is -2.02. The molecule has 0 radical (unpaired) electrons. The van der Waals surface area contributed by atoms with Gasteiger partial charge >= 0.3 is 0 Å². The summed E-state index contributed by atoms with van der Waals surface area (Å²) in [5, 5.41) is 0. The number of carbonyl (C=O) groups is 1. The quantitative estimate of drug-likeness (QED) is 0.533. The minimum Gasteiger partial charge on any atom is -0.374 e. The van der Waals surface area contributed by atoms with E-state index in [1.807, 2.05) is 0 Å². The molecule has 0 aliphatic carbocycles. The zero-order valence-corrected chi connectivity index (χ0v) is 6.05. The maximum Gasteiger partial charge on any atom is 0.183 e. The summed E-state index contributed by atoms with van der Waals surface area (Å²) in [6, 6.07) is 0. The van der Waals surface area contributed by atoms with Crippen molar-refractivity contribution in [3.8, 4) is 0 Å². The second kappa shape index (κ2) is 4.27. The largest absolute Gasteiger partial charge is 0.374 e. The third kappa shape index (κ3) is 3.03. The molecule has 0 saturated carbocycles. The van der Waals surface area contributed by atoms with E-state index in [-0.39, 0.29) is 11.9 Å². The minimum atomic E-state index is -0.304. The Morgan fingerprint density at radius 2 is 2.22 bits per heavy atom. The van der Waals surface area contributed by atoms with Crippen molar-refractivity contribution in [2.24, 2.45) is 0 Å². The van der Waals surface area contributed by atoms with Crippen molar-refractivity contribution in [1.29, 1.82) is 0 Å². The van der Waals surface area contributed by atoms with Gasteiger partial charge in [0.1, 0.15) is 6.10 Å². The van der Waals surface area contributed by atoms with Crippen LogP contribution in [-0.4, -0.2) is 19.0 Å². The molecule has 52 valence electrons. The molecule has 0 fully saturated rings. The third-order valence-electron chi connectivity index (χ3n) is 1.09. The Morgan fingerprint density at radius 1 is 1.67 bits per heavy atom. The Morgan fingerprint density at radius 3 is 2.56 bits per heavy atom. The highest BCUT2D eigenvalue weighted by Crippen LogP contribution is 1.90. The van der Waals surface area contributed by atoms with E-state index in [4.69, 9.17) is 4.74 Å². The highest BCUT2D eigenvalue weighted by molar-refractivity contribution is 5.93. The highest BCUT2D eigenvalue weighted by Gasteiger charge is 2.05. The van der Waals surface area contributed by atoms with Gasteiger partial charge in [-0.2, -0.15) is 0 Å². The van der Waals surface area contributed by atoms with E-state index in [0.29, 0.717) is 0 Å². The molecule has 2 heteroatoms. The Bertz CT molecular complexity index is 116. The Kier molecular flexibility index (Phi) is 3.97. The molecule has 2 nitrogen and oxygen atoms in total.